The van der Waals surface area contributed by atoms with E-state index in [0.29, 0.717) is 4.47 Å². The van der Waals surface area contributed by atoms with Crippen molar-refractivity contribution in [1.82, 2.24) is 14.5 Å². The van der Waals surface area contributed by atoms with Crippen LogP contribution in [-0.4, -0.2) is 20.7 Å². The van der Waals surface area contributed by atoms with Crippen LogP contribution in [-0.2, 0) is 6.18 Å². The second-order valence-corrected chi connectivity index (χ2v) is 6.66. The Kier molecular flexibility index (Phi) is 5.37. The van der Waals surface area contributed by atoms with Crippen molar-refractivity contribution in [2.75, 3.05) is 5.32 Å². The summed E-state index contributed by atoms with van der Waals surface area (Å²) in [5, 5.41) is 2.36. The largest absolute Gasteiger partial charge is 0.434 e. The molecule has 0 saturated heterocycles. The number of hydrogen-bond acceptors (Lipinski definition) is 3. The number of anilines is 1. The highest BCUT2D eigenvalue weighted by molar-refractivity contribution is 9.10. The van der Waals surface area contributed by atoms with Crippen molar-refractivity contribution >= 4 is 21.6 Å². The van der Waals surface area contributed by atoms with Crippen molar-refractivity contribution in [1.29, 1.82) is 0 Å². The van der Waals surface area contributed by atoms with Crippen LogP contribution in [0.4, 0.5) is 32.0 Å². The Hall–Kier alpha value is -2.56. The fraction of sp³-hybridized carbons (Fsp3) is 0.176. The van der Waals surface area contributed by atoms with Gasteiger partial charge in [0.05, 0.1) is 11.9 Å². The Morgan fingerprint density at radius 2 is 1.61 bits per heavy atom. The number of nitrogens with zero attached hydrogens (tertiary/aromatic N) is 3. The van der Waals surface area contributed by atoms with E-state index >= 15 is 0 Å². The number of hydrogen-bond donors (Lipinski definition) is 1. The number of aromatic nitrogens is 3. The van der Waals surface area contributed by atoms with Crippen LogP contribution >= 0.6 is 15.9 Å². The van der Waals surface area contributed by atoms with Crippen LogP contribution in [0.25, 0.3) is 5.82 Å². The second-order valence-electron chi connectivity index (χ2n) is 5.74. The third-order valence-corrected chi connectivity index (χ3v) is 4.26. The van der Waals surface area contributed by atoms with E-state index in [0.717, 1.165) is 23.3 Å². The zero-order valence-electron chi connectivity index (χ0n) is 13.8. The monoisotopic (exact) mass is 464 g/mol. The maximum Gasteiger partial charge on any atom is 0.434 e. The van der Waals surface area contributed by atoms with Crippen LogP contribution in [0, 0.1) is 0 Å². The van der Waals surface area contributed by atoms with E-state index in [1.165, 1.54) is 36.4 Å². The molecule has 0 aliphatic rings. The summed E-state index contributed by atoms with van der Waals surface area (Å²) in [6, 6.07) is 6.27. The summed E-state index contributed by atoms with van der Waals surface area (Å²) in [5.41, 5.74) is -1.03. The number of rotatable bonds is 4. The molecule has 1 aromatic carbocycles. The van der Waals surface area contributed by atoms with Gasteiger partial charge in [-0.2, -0.15) is 26.3 Å². The lowest BCUT2D eigenvalue weighted by molar-refractivity contribution is -0.144. The lowest BCUT2D eigenvalue weighted by Crippen LogP contribution is -2.27. The van der Waals surface area contributed by atoms with Crippen LogP contribution in [0.3, 0.4) is 0 Å². The molecule has 4 nitrogen and oxygen atoms in total. The van der Waals surface area contributed by atoms with Gasteiger partial charge in [0.15, 0.2) is 5.69 Å². The van der Waals surface area contributed by atoms with Crippen LogP contribution < -0.4 is 5.32 Å². The lowest BCUT2D eigenvalue weighted by atomic mass is 10.1. The van der Waals surface area contributed by atoms with Gasteiger partial charge in [-0.1, -0.05) is 28.1 Å². The van der Waals surface area contributed by atoms with Crippen molar-refractivity contribution in [2.45, 2.75) is 18.4 Å². The van der Waals surface area contributed by atoms with E-state index in [1.807, 2.05) is 0 Å². The molecule has 0 fully saturated rings. The fourth-order valence-electron chi connectivity index (χ4n) is 2.39. The first-order valence-corrected chi connectivity index (χ1v) is 8.49. The molecule has 2 heterocycles. The smallest absolute Gasteiger partial charge is 0.369 e. The van der Waals surface area contributed by atoms with Gasteiger partial charge in [0.2, 0.25) is 0 Å². The highest BCUT2D eigenvalue weighted by atomic mass is 79.9. The van der Waals surface area contributed by atoms with Crippen molar-refractivity contribution < 1.29 is 26.3 Å². The maximum absolute atomic E-state index is 13.4. The molecular formula is C17H11BrF6N4. The van der Waals surface area contributed by atoms with Gasteiger partial charge < -0.3 is 5.32 Å². The van der Waals surface area contributed by atoms with Gasteiger partial charge in [-0.25, -0.2) is 9.97 Å². The molecule has 0 aliphatic heterocycles. The summed E-state index contributed by atoms with van der Waals surface area (Å²) in [5.74, 6) is 0.0840. The predicted octanol–water partition coefficient (Wildman–Crippen LogP) is 5.76. The van der Waals surface area contributed by atoms with Gasteiger partial charge in [0.1, 0.15) is 18.2 Å². The van der Waals surface area contributed by atoms with Gasteiger partial charge in [0, 0.05) is 10.7 Å². The molecule has 0 saturated carbocycles. The summed E-state index contributed by atoms with van der Waals surface area (Å²) < 4.78 is 79.8. The number of imidazole rings is 1. The molecule has 0 radical (unpaired) electrons. The minimum Gasteiger partial charge on any atom is -0.369 e. The molecule has 3 aromatic rings. The Morgan fingerprint density at radius 1 is 0.929 bits per heavy atom. The highest BCUT2D eigenvalue weighted by Gasteiger charge is 2.41. The molecule has 11 heteroatoms. The molecule has 0 spiro atoms. The molecule has 2 aromatic heterocycles. The third-order valence-electron chi connectivity index (χ3n) is 3.73. The third kappa shape index (κ3) is 4.64. The van der Waals surface area contributed by atoms with Crippen molar-refractivity contribution in [3.8, 4) is 5.82 Å². The zero-order chi connectivity index (χ0) is 20.5. The first-order valence-electron chi connectivity index (χ1n) is 7.70. The van der Waals surface area contributed by atoms with Gasteiger partial charge in [-0.05, 0) is 29.8 Å². The first-order chi connectivity index (χ1) is 13.0. The molecule has 0 aliphatic carbocycles. The molecule has 3 rings (SSSR count). The van der Waals surface area contributed by atoms with Gasteiger partial charge in [-0.15, -0.1) is 0 Å². The molecule has 1 N–H and O–H groups in total. The van der Waals surface area contributed by atoms with Crippen LogP contribution in [0.1, 0.15) is 17.3 Å². The predicted molar refractivity (Wildman–Crippen MR) is 92.9 cm³/mol. The van der Waals surface area contributed by atoms with Crippen molar-refractivity contribution in [3.05, 3.63) is 70.8 Å². The fourth-order valence-corrected chi connectivity index (χ4v) is 2.66. The molecule has 1 unspecified atom stereocenters. The van der Waals surface area contributed by atoms with E-state index in [-0.39, 0.29) is 17.1 Å². The summed E-state index contributed by atoms with van der Waals surface area (Å²) in [4.78, 5) is 7.15. The zero-order valence-corrected chi connectivity index (χ0v) is 15.3. The van der Waals surface area contributed by atoms with Crippen molar-refractivity contribution in [3.63, 3.8) is 0 Å². The average Bonchev–Trinajstić information content (AvgIpc) is 3.11. The molecule has 28 heavy (non-hydrogen) atoms. The van der Waals surface area contributed by atoms with E-state index < -0.39 is 24.1 Å². The average molecular weight is 465 g/mol. The lowest BCUT2D eigenvalue weighted by Gasteiger charge is -2.23. The Bertz CT molecular complexity index is 932. The van der Waals surface area contributed by atoms with Gasteiger partial charge in [-0.3, -0.25) is 4.57 Å². The molecule has 1 atom stereocenters. The maximum atomic E-state index is 13.4. The number of halogens is 7. The quantitative estimate of drug-likeness (QED) is 0.498. The number of pyridine rings is 1. The standard InChI is InChI=1S/C17H11BrF6N4/c18-11-3-1-10(2-4-11)15(17(22,23)24)27-12-5-6-14(25-7-12)28-8-13(26-9-28)16(19,20)21/h1-9,15,27H. The number of alkyl halides is 6. The van der Waals surface area contributed by atoms with Gasteiger partial charge >= 0.3 is 12.4 Å². The van der Waals surface area contributed by atoms with Crippen LogP contribution in [0.15, 0.2) is 59.6 Å². The summed E-state index contributed by atoms with van der Waals surface area (Å²) in [6.45, 7) is 0. The number of benzene rings is 1. The van der Waals surface area contributed by atoms with E-state index in [9.17, 15) is 26.3 Å². The Balaban J connectivity index is 1.82. The summed E-state index contributed by atoms with van der Waals surface area (Å²) in [6.07, 6.45) is -6.38. The first kappa shape index (κ1) is 20.2. The molecule has 0 bridgehead atoms. The Labute approximate surface area is 163 Å². The molecule has 0 amide bonds. The van der Waals surface area contributed by atoms with E-state index in [1.54, 1.807) is 0 Å². The van der Waals surface area contributed by atoms with Gasteiger partial charge in [0.25, 0.3) is 0 Å². The van der Waals surface area contributed by atoms with E-state index in [2.05, 4.69) is 31.2 Å². The summed E-state index contributed by atoms with van der Waals surface area (Å²) in [7, 11) is 0. The van der Waals surface area contributed by atoms with Crippen LogP contribution in [0.5, 0.6) is 0 Å². The molecule has 148 valence electrons. The Morgan fingerprint density at radius 3 is 2.11 bits per heavy atom. The summed E-state index contributed by atoms with van der Waals surface area (Å²) >= 11 is 3.17. The SMILES string of the molecule is FC(F)(F)c1cn(-c2ccc(NC(c3ccc(Br)cc3)C(F)(F)F)cn2)cn1. The second kappa shape index (κ2) is 7.46. The minimum atomic E-state index is -4.60. The van der Waals surface area contributed by atoms with Crippen molar-refractivity contribution in [2.24, 2.45) is 0 Å². The van der Waals surface area contributed by atoms with E-state index in [4.69, 9.17) is 0 Å². The topological polar surface area (TPSA) is 42.7 Å². The normalized spacial score (nSPS) is 13.4. The molecular weight excluding hydrogens is 454 g/mol. The number of nitrogens with one attached hydrogen (secondary N) is 1. The highest BCUT2D eigenvalue weighted by Crippen LogP contribution is 2.36. The van der Waals surface area contributed by atoms with Crippen LogP contribution in [0.2, 0.25) is 0 Å². The minimum absolute atomic E-state index is 0.00389.